The predicted molar refractivity (Wildman–Crippen MR) is 135 cm³/mol. The number of ketones is 1. The maximum atomic E-state index is 13.1. The molecule has 0 aliphatic rings. The van der Waals surface area contributed by atoms with Gasteiger partial charge in [0.2, 0.25) is 5.91 Å². The summed E-state index contributed by atoms with van der Waals surface area (Å²) in [6.45, 7) is 5.11. The summed E-state index contributed by atoms with van der Waals surface area (Å²) in [5.41, 5.74) is 1.22. The third-order valence-corrected chi connectivity index (χ3v) is 5.05. The fourth-order valence-corrected chi connectivity index (χ4v) is 3.34. The number of hydrogen-bond acceptors (Lipinski definition) is 6. The minimum absolute atomic E-state index is 0.0770. The van der Waals surface area contributed by atoms with Gasteiger partial charge in [0.25, 0.3) is 5.69 Å². The summed E-state index contributed by atoms with van der Waals surface area (Å²) in [5, 5.41) is 16.2. The zero-order valence-electron chi connectivity index (χ0n) is 20.2. The summed E-state index contributed by atoms with van der Waals surface area (Å²) in [6, 6.07) is 20.0. The summed E-state index contributed by atoms with van der Waals surface area (Å²) < 4.78 is 5.28. The van der Waals surface area contributed by atoms with Crippen molar-refractivity contribution in [3.63, 3.8) is 0 Å². The van der Waals surface area contributed by atoms with Gasteiger partial charge in [-0.1, -0.05) is 42.5 Å². The molecule has 0 saturated carbocycles. The minimum atomic E-state index is -1.02. The van der Waals surface area contributed by atoms with Crippen molar-refractivity contribution in [3.8, 4) is 0 Å². The van der Waals surface area contributed by atoms with Gasteiger partial charge in [0, 0.05) is 35.4 Å². The van der Waals surface area contributed by atoms with Gasteiger partial charge in [-0.2, -0.15) is 0 Å². The Morgan fingerprint density at radius 3 is 2.03 bits per heavy atom. The SMILES string of the molecule is CC(C)(C)OC(=O)NC(Cc1ccc([N+](=O)[O-])cc1)C(=O)Nc1ccc(C(=O)c2ccccc2)cc1. The monoisotopic (exact) mass is 489 g/mol. The number of benzene rings is 3. The van der Waals surface area contributed by atoms with Crippen LogP contribution in [0.2, 0.25) is 0 Å². The second-order valence-electron chi connectivity index (χ2n) is 9.09. The molecule has 2 amide bonds. The largest absolute Gasteiger partial charge is 0.444 e. The van der Waals surface area contributed by atoms with Crippen LogP contribution in [-0.4, -0.2) is 34.3 Å². The number of anilines is 1. The number of non-ortho nitro benzene ring substituents is 1. The molecule has 2 N–H and O–H groups in total. The van der Waals surface area contributed by atoms with Crippen LogP contribution in [0.1, 0.15) is 42.3 Å². The Labute approximate surface area is 208 Å². The highest BCUT2D eigenvalue weighted by Gasteiger charge is 2.25. The number of carbonyl (C=O) groups excluding carboxylic acids is 3. The summed E-state index contributed by atoms with van der Waals surface area (Å²) in [7, 11) is 0. The lowest BCUT2D eigenvalue weighted by molar-refractivity contribution is -0.384. The summed E-state index contributed by atoms with van der Waals surface area (Å²) in [4.78, 5) is 48.5. The summed E-state index contributed by atoms with van der Waals surface area (Å²) in [6.07, 6.45) is -0.693. The van der Waals surface area contributed by atoms with Crippen molar-refractivity contribution in [1.82, 2.24) is 5.32 Å². The molecule has 0 aromatic heterocycles. The van der Waals surface area contributed by atoms with E-state index in [1.165, 1.54) is 24.3 Å². The van der Waals surface area contributed by atoms with Crippen LogP contribution < -0.4 is 10.6 Å². The predicted octanol–water partition coefficient (Wildman–Crippen LogP) is 4.90. The molecule has 1 atom stereocenters. The van der Waals surface area contributed by atoms with Crippen LogP contribution in [-0.2, 0) is 16.0 Å². The molecule has 3 aromatic rings. The van der Waals surface area contributed by atoms with Gasteiger partial charge < -0.3 is 15.4 Å². The van der Waals surface area contributed by atoms with E-state index >= 15 is 0 Å². The van der Waals surface area contributed by atoms with Crippen molar-refractivity contribution >= 4 is 29.2 Å². The van der Waals surface area contributed by atoms with E-state index in [2.05, 4.69) is 10.6 Å². The molecule has 3 rings (SSSR count). The number of amides is 2. The number of hydrogen-bond donors (Lipinski definition) is 2. The van der Waals surface area contributed by atoms with E-state index in [4.69, 9.17) is 4.74 Å². The third kappa shape index (κ3) is 7.49. The maximum absolute atomic E-state index is 13.1. The Morgan fingerprint density at radius 2 is 1.47 bits per heavy atom. The molecular weight excluding hydrogens is 462 g/mol. The van der Waals surface area contributed by atoms with Crippen LogP contribution in [0.3, 0.4) is 0 Å². The Kier molecular flexibility index (Phi) is 8.16. The van der Waals surface area contributed by atoms with Crippen molar-refractivity contribution in [2.24, 2.45) is 0 Å². The highest BCUT2D eigenvalue weighted by atomic mass is 16.6. The number of nitro groups is 1. The Bertz CT molecular complexity index is 1230. The van der Waals surface area contributed by atoms with Gasteiger partial charge in [-0.25, -0.2) is 4.79 Å². The molecule has 0 aliphatic carbocycles. The van der Waals surface area contributed by atoms with Crippen LogP contribution in [0.4, 0.5) is 16.2 Å². The number of nitrogens with zero attached hydrogens (tertiary/aromatic N) is 1. The Balaban J connectivity index is 1.74. The van der Waals surface area contributed by atoms with Crippen molar-refractivity contribution in [3.05, 3.63) is 106 Å². The first kappa shape index (κ1) is 26.1. The lowest BCUT2D eigenvalue weighted by Crippen LogP contribution is -2.47. The molecule has 186 valence electrons. The van der Waals surface area contributed by atoms with Crippen molar-refractivity contribution in [1.29, 1.82) is 0 Å². The second-order valence-corrected chi connectivity index (χ2v) is 9.09. The molecular formula is C27H27N3O6. The zero-order valence-corrected chi connectivity index (χ0v) is 20.2. The molecule has 0 bridgehead atoms. The van der Waals surface area contributed by atoms with E-state index in [-0.39, 0.29) is 17.9 Å². The molecule has 36 heavy (non-hydrogen) atoms. The number of alkyl carbamates (subject to hydrolysis) is 1. The number of nitro benzene ring substituents is 1. The lowest BCUT2D eigenvalue weighted by atomic mass is 10.0. The van der Waals surface area contributed by atoms with E-state index < -0.39 is 28.6 Å². The van der Waals surface area contributed by atoms with Crippen LogP contribution in [0, 0.1) is 10.1 Å². The van der Waals surface area contributed by atoms with Crippen LogP contribution in [0.15, 0.2) is 78.9 Å². The quantitative estimate of drug-likeness (QED) is 0.263. The molecule has 1 unspecified atom stereocenters. The lowest BCUT2D eigenvalue weighted by Gasteiger charge is -2.23. The molecule has 0 fully saturated rings. The van der Waals surface area contributed by atoms with Gasteiger partial charge in [-0.3, -0.25) is 19.7 Å². The van der Waals surface area contributed by atoms with Crippen LogP contribution in [0.25, 0.3) is 0 Å². The maximum Gasteiger partial charge on any atom is 0.408 e. The first-order valence-corrected chi connectivity index (χ1v) is 11.3. The van der Waals surface area contributed by atoms with Gasteiger partial charge >= 0.3 is 6.09 Å². The molecule has 3 aromatic carbocycles. The topological polar surface area (TPSA) is 128 Å². The van der Waals surface area contributed by atoms with Gasteiger partial charge in [0.1, 0.15) is 11.6 Å². The number of rotatable bonds is 8. The van der Waals surface area contributed by atoms with Gasteiger partial charge in [-0.15, -0.1) is 0 Å². The normalized spacial score (nSPS) is 11.8. The van der Waals surface area contributed by atoms with Crippen LogP contribution in [0.5, 0.6) is 0 Å². The Hall–Kier alpha value is -4.53. The van der Waals surface area contributed by atoms with Gasteiger partial charge in [0.15, 0.2) is 5.78 Å². The first-order valence-electron chi connectivity index (χ1n) is 11.3. The first-order chi connectivity index (χ1) is 17.0. The fraction of sp³-hybridized carbons (Fsp3) is 0.222. The van der Waals surface area contributed by atoms with E-state index in [1.807, 2.05) is 6.07 Å². The third-order valence-electron chi connectivity index (χ3n) is 5.05. The highest BCUT2D eigenvalue weighted by molar-refractivity contribution is 6.09. The highest BCUT2D eigenvalue weighted by Crippen LogP contribution is 2.17. The minimum Gasteiger partial charge on any atom is -0.444 e. The number of carbonyl (C=O) groups is 3. The van der Waals surface area contributed by atoms with E-state index in [0.29, 0.717) is 22.4 Å². The van der Waals surface area contributed by atoms with Crippen LogP contribution >= 0.6 is 0 Å². The Morgan fingerprint density at radius 1 is 0.889 bits per heavy atom. The molecule has 9 heteroatoms. The molecule has 0 heterocycles. The number of ether oxygens (including phenoxy) is 1. The molecule has 9 nitrogen and oxygen atoms in total. The summed E-state index contributed by atoms with van der Waals surface area (Å²) in [5.74, 6) is -0.655. The second kappa shape index (κ2) is 11.3. The average Bonchev–Trinajstić information content (AvgIpc) is 2.83. The van der Waals surface area contributed by atoms with E-state index in [1.54, 1.807) is 69.3 Å². The van der Waals surface area contributed by atoms with Gasteiger partial charge in [-0.05, 0) is 50.6 Å². The van der Waals surface area contributed by atoms with Crippen molar-refractivity contribution in [2.75, 3.05) is 5.32 Å². The zero-order chi connectivity index (χ0) is 26.3. The fourth-order valence-electron chi connectivity index (χ4n) is 3.34. The molecule has 0 spiro atoms. The molecule has 0 radical (unpaired) electrons. The molecule has 0 aliphatic heterocycles. The van der Waals surface area contributed by atoms with E-state index in [9.17, 15) is 24.5 Å². The van der Waals surface area contributed by atoms with Crippen molar-refractivity contribution < 1.29 is 24.0 Å². The number of nitrogens with one attached hydrogen (secondary N) is 2. The smallest absolute Gasteiger partial charge is 0.408 e. The standard InChI is InChI=1S/C27H27N3O6/c1-27(2,3)36-26(33)29-23(17-18-9-15-22(16-10-18)30(34)35)25(32)28-21-13-11-20(12-14-21)24(31)19-7-5-4-6-8-19/h4-16,23H,17H2,1-3H3,(H,28,32)(H,29,33). The average molecular weight is 490 g/mol. The van der Waals surface area contributed by atoms with Crippen molar-refractivity contribution in [2.45, 2.75) is 38.8 Å². The van der Waals surface area contributed by atoms with E-state index in [0.717, 1.165) is 0 Å². The molecule has 0 saturated heterocycles. The van der Waals surface area contributed by atoms with Gasteiger partial charge in [0.05, 0.1) is 4.92 Å². The summed E-state index contributed by atoms with van der Waals surface area (Å²) >= 11 is 0.